The number of ether oxygens (including phenoxy) is 1. The van der Waals surface area contributed by atoms with Crippen molar-refractivity contribution >= 4 is 28.8 Å². The third kappa shape index (κ3) is 4.41. The van der Waals surface area contributed by atoms with E-state index in [9.17, 15) is 4.39 Å². The lowest BCUT2D eigenvalue weighted by atomic mass is 10.1. The standard InChI is InChI=1S/C19H15Cl2FN2O/c1-13(10-24-7-6-23-12-24)17-9-16(22)4-5-19(17)25-11-14-2-3-15(20)8-18(14)21/h2-9,12H,1,10-11H2. The van der Waals surface area contributed by atoms with E-state index >= 15 is 0 Å². The highest BCUT2D eigenvalue weighted by atomic mass is 35.5. The van der Waals surface area contributed by atoms with Crippen LogP contribution in [-0.4, -0.2) is 9.55 Å². The van der Waals surface area contributed by atoms with Crippen LogP contribution in [0.4, 0.5) is 4.39 Å². The van der Waals surface area contributed by atoms with Gasteiger partial charge in [0.1, 0.15) is 18.2 Å². The summed E-state index contributed by atoms with van der Waals surface area (Å²) in [5, 5.41) is 1.08. The fourth-order valence-electron chi connectivity index (χ4n) is 2.38. The summed E-state index contributed by atoms with van der Waals surface area (Å²) in [6.45, 7) is 4.78. The molecule has 6 heteroatoms. The topological polar surface area (TPSA) is 27.1 Å². The smallest absolute Gasteiger partial charge is 0.127 e. The van der Waals surface area contributed by atoms with Crippen molar-refractivity contribution in [3.8, 4) is 5.75 Å². The minimum atomic E-state index is -0.348. The number of allylic oxidation sites excluding steroid dienone is 1. The maximum Gasteiger partial charge on any atom is 0.127 e. The Labute approximate surface area is 155 Å². The van der Waals surface area contributed by atoms with Gasteiger partial charge in [-0.1, -0.05) is 35.8 Å². The van der Waals surface area contributed by atoms with Gasteiger partial charge in [0.2, 0.25) is 0 Å². The second-order valence-corrected chi connectivity index (χ2v) is 6.35. The summed E-state index contributed by atoms with van der Waals surface area (Å²) in [6.07, 6.45) is 5.18. The van der Waals surface area contributed by atoms with Crippen LogP contribution >= 0.6 is 23.2 Å². The molecule has 0 aliphatic carbocycles. The van der Waals surface area contributed by atoms with E-state index in [1.54, 1.807) is 36.8 Å². The lowest BCUT2D eigenvalue weighted by Crippen LogP contribution is -2.02. The monoisotopic (exact) mass is 376 g/mol. The molecule has 0 amide bonds. The molecule has 3 nitrogen and oxygen atoms in total. The van der Waals surface area contributed by atoms with Crippen LogP contribution in [0.15, 0.2) is 61.7 Å². The van der Waals surface area contributed by atoms with Gasteiger partial charge < -0.3 is 9.30 Å². The fraction of sp³-hybridized carbons (Fsp3) is 0.105. The van der Waals surface area contributed by atoms with Crippen molar-refractivity contribution < 1.29 is 9.13 Å². The second-order valence-electron chi connectivity index (χ2n) is 5.50. The van der Waals surface area contributed by atoms with Crippen molar-refractivity contribution in [2.75, 3.05) is 0 Å². The summed E-state index contributed by atoms with van der Waals surface area (Å²) < 4.78 is 21.4. The molecule has 0 unspecified atom stereocenters. The first-order chi connectivity index (χ1) is 12.0. The first-order valence-corrected chi connectivity index (χ1v) is 8.28. The van der Waals surface area contributed by atoms with Crippen LogP contribution in [0.5, 0.6) is 5.75 Å². The first-order valence-electron chi connectivity index (χ1n) is 7.53. The minimum Gasteiger partial charge on any atom is -0.488 e. The van der Waals surface area contributed by atoms with Crippen LogP contribution in [0, 0.1) is 5.82 Å². The molecule has 2 aromatic carbocycles. The van der Waals surface area contributed by atoms with Gasteiger partial charge in [-0.05, 0) is 35.9 Å². The van der Waals surface area contributed by atoms with Gasteiger partial charge in [0.25, 0.3) is 0 Å². The zero-order valence-corrected chi connectivity index (χ0v) is 14.8. The lowest BCUT2D eigenvalue weighted by Gasteiger charge is -2.15. The molecule has 0 bridgehead atoms. The van der Waals surface area contributed by atoms with Gasteiger partial charge in [-0.15, -0.1) is 0 Å². The Kier molecular flexibility index (Phi) is 5.41. The van der Waals surface area contributed by atoms with Gasteiger partial charge in [0.15, 0.2) is 0 Å². The predicted octanol–water partition coefficient (Wildman–Crippen LogP) is 5.62. The Morgan fingerprint density at radius 2 is 2.04 bits per heavy atom. The van der Waals surface area contributed by atoms with Crippen molar-refractivity contribution in [3.63, 3.8) is 0 Å². The quantitative estimate of drug-likeness (QED) is 0.557. The summed E-state index contributed by atoms with van der Waals surface area (Å²) in [4.78, 5) is 3.99. The van der Waals surface area contributed by atoms with E-state index in [2.05, 4.69) is 11.6 Å². The van der Waals surface area contributed by atoms with Gasteiger partial charge in [-0.25, -0.2) is 9.37 Å². The third-order valence-corrected chi connectivity index (χ3v) is 4.24. The molecule has 0 saturated heterocycles. The van der Waals surface area contributed by atoms with E-state index in [1.807, 2.05) is 10.8 Å². The molecule has 0 spiro atoms. The number of imidazole rings is 1. The largest absolute Gasteiger partial charge is 0.488 e. The van der Waals surface area contributed by atoms with E-state index in [-0.39, 0.29) is 12.4 Å². The van der Waals surface area contributed by atoms with E-state index < -0.39 is 0 Å². The normalized spacial score (nSPS) is 10.7. The van der Waals surface area contributed by atoms with Crippen molar-refractivity contribution in [1.82, 2.24) is 9.55 Å². The Morgan fingerprint density at radius 3 is 2.76 bits per heavy atom. The highest BCUT2D eigenvalue weighted by Gasteiger charge is 2.11. The minimum absolute atomic E-state index is 0.243. The van der Waals surface area contributed by atoms with Crippen LogP contribution in [0.25, 0.3) is 5.57 Å². The van der Waals surface area contributed by atoms with E-state index in [0.717, 1.165) is 11.1 Å². The molecule has 1 heterocycles. The molecule has 1 aromatic heterocycles. The highest BCUT2D eigenvalue weighted by Crippen LogP contribution is 2.29. The SMILES string of the molecule is C=C(Cn1ccnc1)c1cc(F)ccc1OCc1ccc(Cl)cc1Cl. The van der Waals surface area contributed by atoms with E-state index in [1.165, 1.54) is 12.1 Å². The molecule has 0 aliphatic rings. The van der Waals surface area contributed by atoms with Crippen LogP contribution in [0.3, 0.4) is 0 Å². The lowest BCUT2D eigenvalue weighted by molar-refractivity contribution is 0.305. The number of hydrogen-bond acceptors (Lipinski definition) is 2. The Morgan fingerprint density at radius 1 is 1.20 bits per heavy atom. The number of nitrogens with zero attached hydrogens (tertiary/aromatic N) is 2. The first kappa shape index (κ1) is 17.5. The van der Waals surface area contributed by atoms with Crippen molar-refractivity contribution in [2.24, 2.45) is 0 Å². The van der Waals surface area contributed by atoms with Gasteiger partial charge >= 0.3 is 0 Å². The maximum absolute atomic E-state index is 13.7. The van der Waals surface area contributed by atoms with Gasteiger partial charge in [-0.3, -0.25) is 0 Å². The zero-order valence-electron chi connectivity index (χ0n) is 13.3. The number of aromatic nitrogens is 2. The van der Waals surface area contributed by atoms with Crippen molar-refractivity contribution in [2.45, 2.75) is 13.2 Å². The Hall–Kier alpha value is -2.30. The average Bonchev–Trinajstić information content (AvgIpc) is 3.08. The molecule has 0 radical (unpaired) electrons. The molecule has 0 fully saturated rings. The van der Waals surface area contributed by atoms with Crippen molar-refractivity contribution in [1.29, 1.82) is 0 Å². The van der Waals surface area contributed by atoms with Gasteiger partial charge in [-0.2, -0.15) is 0 Å². The molecule has 3 aromatic rings. The van der Waals surface area contributed by atoms with Crippen molar-refractivity contribution in [3.05, 3.63) is 88.7 Å². The number of benzene rings is 2. The third-order valence-electron chi connectivity index (χ3n) is 3.65. The predicted molar refractivity (Wildman–Crippen MR) is 98.5 cm³/mol. The Bertz CT molecular complexity index is 894. The highest BCUT2D eigenvalue weighted by molar-refractivity contribution is 6.35. The molecule has 0 saturated carbocycles. The van der Waals surface area contributed by atoms with Crippen LogP contribution in [0.2, 0.25) is 10.0 Å². The summed E-state index contributed by atoms with van der Waals surface area (Å²) in [5.41, 5.74) is 2.12. The maximum atomic E-state index is 13.7. The van der Waals surface area contributed by atoms with Crippen LogP contribution < -0.4 is 4.74 Å². The summed E-state index contributed by atoms with van der Waals surface area (Å²) in [5.74, 6) is 0.191. The molecule has 3 rings (SSSR count). The fourth-order valence-corrected chi connectivity index (χ4v) is 2.85. The number of rotatable bonds is 6. The molecule has 128 valence electrons. The summed E-state index contributed by atoms with van der Waals surface area (Å²) in [6, 6.07) is 9.56. The molecule has 25 heavy (non-hydrogen) atoms. The molecular weight excluding hydrogens is 362 g/mol. The Balaban J connectivity index is 1.80. The molecular formula is C19H15Cl2FN2O. The zero-order chi connectivity index (χ0) is 17.8. The van der Waals surface area contributed by atoms with Crippen LogP contribution in [-0.2, 0) is 13.2 Å². The molecule has 0 aliphatic heterocycles. The average molecular weight is 377 g/mol. The van der Waals surface area contributed by atoms with Gasteiger partial charge in [0, 0.05) is 40.1 Å². The molecule has 0 N–H and O–H groups in total. The van der Waals surface area contributed by atoms with E-state index in [0.29, 0.717) is 27.9 Å². The van der Waals surface area contributed by atoms with E-state index in [4.69, 9.17) is 27.9 Å². The summed E-state index contributed by atoms with van der Waals surface area (Å²) >= 11 is 12.1. The molecule has 0 atom stereocenters. The number of halogens is 3. The van der Waals surface area contributed by atoms with Gasteiger partial charge in [0.05, 0.1) is 6.33 Å². The number of hydrogen-bond donors (Lipinski definition) is 0. The summed E-state index contributed by atoms with van der Waals surface area (Å²) in [7, 11) is 0. The second kappa shape index (κ2) is 7.72. The van der Waals surface area contributed by atoms with Crippen LogP contribution in [0.1, 0.15) is 11.1 Å².